The van der Waals surface area contributed by atoms with E-state index in [-0.39, 0.29) is 18.0 Å². The Labute approximate surface area is 154 Å². The number of carbonyl (C=O) groups excluding carboxylic acids is 1. The van der Waals surface area contributed by atoms with Crippen molar-refractivity contribution in [2.75, 3.05) is 26.8 Å². The number of methoxy groups -OCH3 is 1. The van der Waals surface area contributed by atoms with Crippen molar-refractivity contribution in [3.05, 3.63) is 24.2 Å². The fourth-order valence-electron chi connectivity index (χ4n) is 3.64. The number of nitrogens with two attached hydrogens (primary N) is 1. The number of fused-ring (bicyclic) bond motifs is 1. The van der Waals surface area contributed by atoms with Crippen molar-refractivity contribution in [2.45, 2.75) is 51.1 Å². The highest BCUT2D eigenvalue weighted by molar-refractivity contribution is 5.76. The average molecular weight is 359 g/mol. The van der Waals surface area contributed by atoms with Gasteiger partial charge in [0.2, 0.25) is 5.91 Å². The summed E-state index contributed by atoms with van der Waals surface area (Å²) < 4.78 is 7.46. The van der Waals surface area contributed by atoms with Gasteiger partial charge < -0.3 is 19.9 Å². The van der Waals surface area contributed by atoms with E-state index in [1.54, 1.807) is 13.3 Å². The minimum Gasteiger partial charge on any atom is -0.383 e. The topological polar surface area (TPSA) is 86.3 Å². The van der Waals surface area contributed by atoms with Gasteiger partial charge in [0.1, 0.15) is 11.3 Å². The molecular formula is C19H29N5O2. The maximum absolute atomic E-state index is 12.4. The molecule has 1 aliphatic rings. The van der Waals surface area contributed by atoms with Crippen LogP contribution in [0.4, 0.5) is 0 Å². The average Bonchev–Trinajstić information content (AvgIpc) is 3.00. The smallest absolute Gasteiger partial charge is 0.222 e. The van der Waals surface area contributed by atoms with E-state index < -0.39 is 0 Å². The highest BCUT2D eigenvalue weighted by Crippen LogP contribution is 2.21. The molecule has 1 unspecified atom stereocenters. The van der Waals surface area contributed by atoms with E-state index in [2.05, 4.69) is 16.5 Å². The SMILES string of the molecule is COCC(C)n1c(CCCC(=O)N2CCC(N)CC2)nc2cccnc21. The molecule has 0 aromatic carbocycles. The lowest BCUT2D eigenvalue weighted by Crippen LogP contribution is -2.42. The van der Waals surface area contributed by atoms with Gasteiger partial charge in [0.05, 0.1) is 12.6 Å². The van der Waals surface area contributed by atoms with Crippen molar-refractivity contribution in [3.8, 4) is 0 Å². The van der Waals surface area contributed by atoms with Crippen molar-refractivity contribution >= 4 is 17.1 Å². The zero-order valence-electron chi connectivity index (χ0n) is 15.7. The zero-order chi connectivity index (χ0) is 18.5. The van der Waals surface area contributed by atoms with Crippen LogP contribution in [0.25, 0.3) is 11.2 Å². The van der Waals surface area contributed by atoms with Gasteiger partial charge in [-0.15, -0.1) is 0 Å². The lowest BCUT2D eigenvalue weighted by molar-refractivity contribution is -0.132. The molecular weight excluding hydrogens is 330 g/mol. The summed E-state index contributed by atoms with van der Waals surface area (Å²) in [6.07, 6.45) is 5.68. The molecule has 7 heteroatoms. The Bertz CT molecular complexity index is 737. The lowest BCUT2D eigenvalue weighted by atomic mass is 10.1. The van der Waals surface area contributed by atoms with E-state index in [9.17, 15) is 4.79 Å². The van der Waals surface area contributed by atoms with Crippen LogP contribution >= 0.6 is 0 Å². The van der Waals surface area contributed by atoms with Crippen molar-refractivity contribution < 1.29 is 9.53 Å². The van der Waals surface area contributed by atoms with Crippen molar-refractivity contribution in [2.24, 2.45) is 5.73 Å². The first-order chi connectivity index (χ1) is 12.6. The third-order valence-corrected chi connectivity index (χ3v) is 5.05. The van der Waals surface area contributed by atoms with E-state index in [4.69, 9.17) is 15.5 Å². The van der Waals surface area contributed by atoms with Crippen LogP contribution in [-0.4, -0.2) is 58.2 Å². The number of carbonyl (C=O) groups is 1. The molecule has 1 atom stereocenters. The zero-order valence-corrected chi connectivity index (χ0v) is 15.7. The number of piperidine rings is 1. The number of pyridine rings is 1. The summed E-state index contributed by atoms with van der Waals surface area (Å²) in [6, 6.07) is 4.27. The van der Waals surface area contributed by atoms with Gasteiger partial charge in [0.15, 0.2) is 5.65 Å². The molecule has 3 rings (SSSR count). The molecule has 0 bridgehead atoms. The van der Waals surface area contributed by atoms with Crippen molar-refractivity contribution in [3.63, 3.8) is 0 Å². The maximum atomic E-state index is 12.4. The fraction of sp³-hybridized carbons (Fsp3) is 0.632. The Hall–Kier alpha value is -1.99. The Morgan fingerprint density at radius 2 is 2.19 bits per heavy atom. The molecule has 2 aromatic rings. The summed E-state index contributed by atoms with van der Waals surface area (Å²) in [4.78, 5) is 23.6. The molecule has 1 amide bonds. The first-order valence-corrected chi connectivity index (χ1v) is 9.44. The molecule has 1 saturated heterocycles. The van der Waals surface area contributed by atoms with Crippen LogP contribution in [0.1, 0.15) is 44.5 Å². The third kappa shape index (κ3) is 4.22. The number of imidazole rings is 1. The number of nitrogens with zero attached hydrogens (tertiary/aromatic N) is 4. The first-order valence-electron chi connectivity index (χ1n) is 9.44. The van der Waals surface area contributed by atoms with E-state index in [1.807, 2.05) is 17.0 Å². The molecule has 1 aliphatic heterocycles. The van der Waals surface area contributed by atoms with E-state index >= 15 is 0 Å². The van der Waals surface area contributed by atoms with Crippen molar-refractivity contribution in [1.29, 1.82) is 0 Å². The third-order valence-electron chi connectivity index (χ3n) is 5.05. The van der Waals surface area contributed by atoms with Gasteiger partial charge in [-0.2, -0.15) is 0 Å². The molecule has 0 aliphatic carbocycles. The standard InChI is InChI=1S/C19H29N5O2/c1-14(13-26-2)24-17(22-16-5-4-10-21-19(16)24)6-3-7-18(25)23-11-8-15(20)9-12-23/h4-5,10,14-15H,3,6-9,11-13,20H2,1-2H3. The number of amides is 1. The van der Waals surface area contributed by atoms with E-state index in [1.165, 1.54) is 0 Å². The van der Waals surface area contributed by atoms with Gasteiger partial charge >= 0.3 is 0 Å². The summed E-state index contributed by atoms with van der Waals surface area (Å²) in [5.74, 6) is 1.19. The molecule has 0 spiro atoms. The van der Waals surface area contributed by atoms with Crippen molar-refractivity contribution in [1.82, 2.24) is 19.4 Å². The maximum Gasteiger partial charge on any atom is 0.222 e. The first kappa shape index (κ1) is 18.8. The number of aryl methyl sites for hydroxylation is 1. The van der Waals surface area contributed by atoms with Gasteiger partial charge in [0.25, 0.3) is 0 Å². The molecule has 26 heavy (non-hydrogen) atoms. The highest BCUT2D eigenvalue weighted by Gasteiger charge is 2.21. The molecule has 0 radical (unpaired) electrons. The van der Waals surface area contributed by atoms with E-state index in [0.717, 1.165) is 55.8 Å². The lowest BCUT2D eigenvalue weighted by Gasteiger charge is -2.30. The summed E-state index contributed by atoms with van der Waals surface area (Å²) in [6.45, 7) is 4.27. The number of aromatic nitrogens is 3. The van der Waals surface area contributed by atoms with Crippen LogP contribution in [0.15, 0.2) is 18.3 Å². The van der Waals surface area contributed by atoms with Crippen LogP contribution in [0.3, 0.4) is 0 Å². The van der Waals surface area contributed by atoms with Crippen LogP contribution in [0, 0.1) is 0 Å². The molecule has 1 fully saturated rings. The molecule has 7 nitrogen and oxygen atoms in total. The second kappa shape index (κ2) is 8.60. The minimum atomic E-state index is 0.147. The summed E-state index contributed by atoms with van der Waals surface area (Å²) >= 11 is 0. The summed E-state index contributed by atoms with van der Waals surface area (Å²) in [7, 11) is 1.70. The highest BCUT2D eigenvalue weighted by atomic mass is 16.5. The number of ether oxygens (including phenoxy) is 1. The Morgan fingerprint density at radius 1 is 1.42 bits per heavy atom. The Balaban J connectivity index is 1.65. The van der Waals surface area contributed by atoms with Gasteiger partial charge in [-0.25, -0.2) is 9.97 Å². The quantitative estimate of drug-likeness (QED) is 0.816. The fourth-order valence-corrected chi connectivity index (χ4v) is 3.64. The largest absolute Gasteiger partial charge is 0.383 e. The summed E-state index contributed by atoms with van der Waals surface area (Å²) in [5.41, 5.74) is 7.68. The number of likely N-dealkylation sites (tertiary alicyclic amines) is 1. The molecule has 142 valence electrons. The Kier molecular flexibility index (Phi) is 6.21. The molecule has 3 heterocycles. The second-order valence-electron chi connectivity index (χ2n) is 7.12. The predicted octanol–water partition coefficient (Wildman–Crippen LogP) is 1.91. The molecule has 2 N–H and O–H groups in total. The monoisotopic (exact) mass is 359 g/mol. The number of rotatable bonds is 7. The van der Waals surface area contributed by atoms with Gasteiger partial charge in [-0.1, -0.05) is 0 Å². The van der Waals surface area contributed by atoms with Gasteiger partial charge in [0, 0.05) is 45.3 Å². The molecule has 2 aromatic heterocycles. The van der Waals surface area contributed by atoms with Crippen LogP contribution in [0.5, 0.6) is 0 Å². The number of hydrogen-bond acceptors (Lipinski definition) is 5. The minimum absolute atomic E-state index is 0.147. The van der Waals surface area contributed by atoms with Crippen LogP contribution in [0.2, 0.25) is 0 Å². The summed E-state index contributed by atoms with van der Waals surface area (Å²) in [5, 5.41) is 0. The Morgan fingerprint density at radius 3 is 2.92 bits per heavy atom. The van der Waals surface area contributed by atoms with Gasteiger partial charge in [-0.3, -0.25) is 4.79 Å². The van der Waals surface area contributed by atoms with E-state index in [0.29, 0.717) is 13.0 Å². The van der Waals surface area contributed by atoms with Crippen LogP contribution < -0.4 is 5.73 Å². The second-order valence-corrected chi connectivity index (χ2v) is 7.12. The normalized spacial score (nSPS) is 17.0. The van der Waals surface area contributed by atoms with Crippen LogP contribution in [-0.2, 0) is 16.0 Å². The molecule has 0 saturated carbocycles. The van der Waals surface area contributed by atoms with Gasteiger partial charge in [-0.05, 0) is 38.3 Å². The predicted molar refractivity (Wildman–Crippen MR) is 101 cm³/mol. The number of hydrogen-bond donors (Lipinski definition) is 1.